The second-order valence-electron chi connectivity index (χ2n) is 5.18. The van der Waals surface area contributed by atoms with Crippen LogP contribution in [0.3, 0.4) is 0 Å². The molecule has 0 spiro atoms. The van der Waals surface area contributed by atoms with E-state index >= 15 is 0 Å². The Labute approximate surface area is 85.0 Å². The molecule has 0 aromatic rings. The fourth-order valence-corrected chi connectivity index (χ4v) is 2.81. The summed E-state index contributed by atoms with van der Waals surface area (Å²) in [6.07, 6.45) is 5.34. The highest BCUT2D eigenvalue weighted by Gasteiger charge is 2.51. The quantitative estimate of drug-likeness (QED) is 0.720. The lowest BCUT2D eigenvalue weighted by atomic mass is 9.88. The molecule has 0 aromatic carbocycles. The van der Waals surface area contributed by atoms with Gasteiger partial charge < -0.3 is 9.84 Å². The zero-order valence-corrected chi connectivity index (χ0v) is 8.61. The van der Waals surface area contributed by atoms with Crippen LogP contribution in [0.1, 0.15) is 25.7 Å². The molecular weight excluding hydrogens is 178 g/mol. The summed E-state index contributed by atoms with van der Waals surface area (Å²) in [6.45, 7) is 3.75. The van der Waals surface area contributed by atoms with Gasteiger partial charge in [0.15, 0.2) is 0 Å². The number of aliphatic hydroxyl groups is 1. The predicted octanol–water partition coefficient (Wildman–Crippen LogP) is 0.622. The number of nitrogens with zero attached hydrogens (tertiary/aromatic N) is 1. The van der Waals surface area contributed by atoms with Crippen molar-refractivity contribution in [3.8, 4) is 0 Å². The maximum Gasteiger partial charge on any atom is 0.0928 e. The van der Waals surface area contributed by atoms with Gasteiger partial charge in [-0.25, -0.2) is 0 Å². The lowest BCUT2D eigenvalue weighted by Gasteiger charge is -2.47. The van der Waals surface area contributed by atoms with Gasteiger partial charge in [0, 0.05) is 26.2 Å². The van der Waals surface area contributed by atoms with E-state index in [9.17, 15) is 5.11 Å². The van der Waals surface area contributed by atoms with Crippen molar-refractivity contribution in [2.75, 3.05) is 26.2 Å². The number of β-amino-alcohol motifs (C(OH)–C–C–N with tert-alkyl or cyclic N) is 1. The van der Waals surface area contributed by atoms with Crippen molar-refractivity contribution in [1.29, 1.82) is 0 Å². The van der Waals surface area contributed by atoms with Gasteiger partial charge in [0.25, 0.3) is 0 Å². The molecule has 1 aliphatic carbocycles. The average molecular weight is 197 g/mol. The van der Waals surface area contributed by atoms with E-state index in [0.717, 1.165) is 26.2 Å². The van der Waals surface area contributed by atoms with Gasteiger partial charge in [-0.3, -0.25) is 4.90 Å². The summed E-state index contributed by atoms with van der Waals surface area (Å²) in [6, 6.07) is 0. The second kappa shape index (κ2) is 3.19. The Kier molecular flexibility index (Phi) is 2.08. The first-order valence-electron chi connectivity index (χ1n) is 5.83. The summed E-state index contributed by atoms with van der Waals surface area (Å²) >= 11 is 0. The molecule has 0 aromatic heterocycles. The number of rotatable bonds is 3. The predicted molar refractivity (Wildman–Crippen MR) is 53.1 cm³/mol. The fraction of sp³-hybridized carbons (Fsp3) is 1.00. The Morgan fingerprint density at radius 2 is 2.07 bits per heavy atom. The summed E-state index contributed by atoms with van der Waals surface area (Å²) in [7, 11) is 0. The molecule has 1 N–H and O–H groups in total. The summed E-state index contributed by atoms with van der Waals surface area (Å²) in [5.74, 6) is 0.614. The molecule has 3 nitrogen and oxygen atoms in total. The van der Waals surface area contributed by atoms with Gasteiger partial charge in [-0.15, -0.1) is 0 Å². The molecule has 1 saturated carbocycles. The molecule has 14 heavy (non-hydrogen) atoms. The number of likely N-dealkylation sites (tertiary alicyclic amines) is 1. The SMILES string of the molecule is OC1(C2CC2)CN(CC2CCCO2)C1. The van der Waals surface area contributed by atoms with Crippen molar-refractivity contribution >= 4 is 0 Å². The van der Waals surface area contributed by atoms with Crippen molar-refractivity contribution in [2.24, 2.45) is 5.92 Å². The van der Waals surface area contributed by atoms with Gasteiger partial charge in [0.2, 0.25) is 0 Å². The normalized spacial score (nSPS) is 37.1. The lowest BCUT2D eigenvalue weighted by molar-refractivity contribution is -0.123. The number of hydrogen-bond acceptors (Lipinski definition) is 3. The van der Waals surface area contributed by atoms with E-state index in [4.69, 9.17) is 4.74 Å². The fourth-order valence-electron chi connectivity index (χ4n) is 2.81. The van der Waals surface area contributed by atoms with Crippen LogP contribution in [-0.2, 0) is 4.74 Å². The standard InChI is InChI=1S/C11H19NO2/c13-11(9-3-4-9)7-12(8-11)6-10-2-1-5-14-10/h9-10,13H,1-8H2. The highest BCUT2D eigenvalue weighted by Crippen LogP contribution is 2.44. The third-order valence-electron chi connectivity index (χ3n) is 3.82. The molecule has 1 unspecified atom stereocenters. The summed E-state index contributed by atoms with van der Waals surface area (Å²) in [4.78, 5) is 2.34. The zero-order valence-electron chi connectivity index (χ0n) is 8.61. The molecule has 0 radical (unpaired) electrons. The molecule has 3 heteroatoms. The van der Waals surface area contributed by atoms with Crippen LogP contribution in [0.15, 0.2) is 0 Å². The average Bonchev–Trinajstić information content (AvgIpc) is 2.84. The van der Waals surface area contributed by atoms with Crippen LogP contribution < -0.4 is 0 Å². The Hall–Kier alpha value is -0.120. The van der Waals surface area contributed by atoms with Gasteiger partial charge in [-0.2, -0.15) is 0 Å². The monoisotopic (exact) mass is 197 g/mol. The summed E-state index contributed by atoms with van der Waals surface area (Å²) in [5, 5.41) is 10.1. The third kappa shape index (κ3) is 1.58. The Bertz CT molecular complexity index is 213. The third-order valence-corrected chi connectivity index (χ3v) is 3.82. The first kappa shape index (κ1) is 9.13. The van der Waals surface area contributed by atoms with E-state index in [-0.39, 0.29) is 5.60 Å². The molecule has 2 saturated heterocycles. The molecule has 3 aliphatic rings. The highest BCUT2D eigenvalue weighted by molar-refractivity contribution is 5.05. The van der Waals surface area contributed by atoms with Gasteiger partial charge >= 0.3 is 0 Å². The van der Waals surface area contributed by atoms with E-state index in [0.29, 0.717) is 12.0 Å². The van der Waals surface area contributed by atoms with E-state index in [2.05, 4.69) is 4.90 Å². The molecule has 2 heterocycles. The first-order valence-corrected chi connectivity index (χ1v) is 5.83. The maximum absolute atomic E-state index is 10.1. The van der Waals surface area contributed by atoms with Crippen molar-refractivity contribution < 1.29 is 9.84 Å². The molecule has 0 bridgehead atoms. The van der Waals surface area contributed by atoms with Gasteiger partial charge in [-0.05, 0) is 31.6 Å². The van der Waals surface area contributed by atoms with Crippen molar-refractivity contribution in [3.05, 3.63) is 0 Å². The molecular formula is C11H19NO2. The minimum Gasteiger partial charge on any atom is -0.387 e. The molecule has 0 amide bonds. The highest BCUT2D eigenvalue weighted by atomic mass is 16.5. The van der Waals surface area contributed by atoms with Crippen molar-refractivity contribution in [2.45, 2.75) is 37.4 Å². The number of ether oxygens (including phenoxy) is 1. The summed E-state index contributed by atoms with van der Waals surface area (Å²) in [5.41, 5.74) is -0.321. The Morgan fingerprint density at radius 3 is 2.64 bits per heavy atom. The topological polar surface area (TPSA) is 32.7 Å². The zero-order chi connectivity index (χ0) is 9.60. The van der Waals surface area contributed by atoms with Crippen LogP contribution in [-0.4, -0.2) is 48.0 Å². The number of hydrogen-bond donors (Lipinski definition) is 1. The maximum atomic E-state index is 10.1. The van der Waals surface area contributed by atoms with Crippen molar-refractivity contribution in [3.63, 3.8) is 0 Å². The smallest absolute Gasteiger partial charge is 0.0928 e. The Balaban J connectivity index is 1.44. The van der Waals surface area contributed by atoms with Gasteiger partial charge in [0.1, 0.15) is 0 Å². The minimum atomic E-state index is -0.321. The van der Waals surface area contributed by atoms with Gasteiger partial charge in [0.05, 0.1) is 11.7 Å². The minimum absolute atomic E-state index is 0.321. The lowest BCUT2D eigenvalue weighted by Crippen LogP contribution is -2.64. The largest absolute Gasteiger partial charge is 0.387 e. The van der Waals surface area contributed by atoms with E-state index in [1.807, 2.05) is 0 Å². The second-order valence-corrected chi connectivity index (χ2v) is 5.18. The molecule has 80 valence electrons. The van der Waals surface area contributed by atoms with E-state index < -0.39 is 0 Å². The van der Waals surface area contributed by atoms with Gasteiger partial charge in [-0.1, -0.05) is 0 Å². The Morgan fingerprint density at radius 1 is 1.29 bits per heavy atom. The van der Waals surface area contributed by atoms with E-state index in [1.54, 1.807) is 0 Å². The van der Waals surface area contributed by atoms with Crippen LogP contribution in [0.25, 0.3) is 0 Å². The van der Waals surface area contributed by atoms with Crippen LogP contribution in [0, 0.1) is 5.92 Å². The molecule has 3 rings (SSSR count). The van der Waals surface area contributed by atoms with Crippen molar-refractivity contribution in [1.82, 2.24) is 4.90 Å². The molecule has 3 fully saturated rings. The molecule has 1 atom stereocenters. The summed E-state index contributed by atoms with van der Waals surface area (Å²) < 4.78 is 5.58. The van der Waals surface area contributed by atoms with E-state index in [1.165, 1.54) is 25.7 Å². The van der Waals surface area contributed by atoms with Crippen LogP contribution in [0.5, 0.6) is 0 Å². The van der Waals surface area contributed by atoms with Crippen LogP contribution >= 0.6 is 0 Å². The molecule has 2 aliphatic heterocycles. The van der Waals surface area contributed by atoms with Crippen LogP contribution in [0.4, 0.5) is 0 Å². The first-order chi connectivity index (χ1) is 6.76. The van der Waals surface area contributed by atoms with Crippen LogP contribution in [0.2, 0.25) is 0 Å².